The molecule has 7 heteroatoms. The van der Waals surface area contributed by atoms with Crippen LogP contribution in [0.25, 0.3) is 0 Å². The number of aliphatic hydroxyl groups is 2. The smallest absolute Gasteiger partial charge is 0.233 e. The predicted molar refractivity (Wildman–Crippen MR) is 164 cm³/mol. The molecule has 12 atom stereocenters. The van der Waals surface area contributed by atoms with Gasteiger partial charge in [0, 0.05) is 23.8 Å². The number of carbonyl (C=O) groups excluding carboxylic acids is 3. The molecule has 0 bridgehead atoms. The fourth-order valence-corrected chi connectivity index (χ4v) is 11.8. The van der Waals surface area contributed by atoms with E-state index in [4.69, 9.17) is 4.74 Å². The zero-order valence-corrected chi connectivity index (χ0v) is 27.3. The van der Waals surface area contributed by atoms with Crippen molar-refractivity contribution in [2.45, 2.75) is 124 Å². The molecule has 7 nitrogen and oxygen atoms in total. The number of amides is 1. The average molecular weight is 598 g/mol. The Labute approximate surface area is 258 Å². The first-order valence-electron chi connectivity index (χ1n) is 17.3. The summed E-state index contributed by atoms with van der Waals surface area (Å²) in [6.45, 7) is 13.6. The summed E-state index contributed by atoms with van der Waals surface area (Å²) in [6.07, 6.45) is 9.16. The van der Waals surface area contributed by atoms with E-state index in [1.165, 1.54) is 5.57 Å². The number of hydrogen-bond acceptors (Lipinski definition) is 6. The van der Waals surface area contributed by atoms with Crippen molar-refractivity contribution in [2.75, 3.05) is 13.2 Å². The summed E-state index contributed by atoms with van der Waals surface area (Å²) in [5, 5.41) is 23.8. The maximum absolute atomic E-state index is 14.8. The van der Waals surface area contributed by atoms with Gasteiger partial charge in [0.25, 0.3) is 0 Å². The fraction of sp³-hybridized carbons (Fsp3) is 0.861. The van der Waals surface area contributed by atoms with Gasteiger partial charge in [0.05, 0.1) is 6.61 Å². The monoisotopic (exact) mass is 597 g/mol. The van der Waals surface area contributed by atoms with Crippen LogP contribution in [0.3, 0.4) is 0 Å². The van der Waals surface area contributed by atoms with Crippen molar-refractivity contribution in [1.29, 1.82) is 0 Å². The lowest BCUT2D eigenvalue weighted by Gasteiger charge is -2.67. The maximum Gasteiger partial charge on any atom is 0.233 e. The summed E-state index contributed by atoms with van der Waals surface area (Å²) < 4.78 is 5.49. The summed E-state index contributed by atoms with van der Waals surface area (Å²) in [5.41, 5.74) is 0.742. The van der Waals surface area contributed by atoms with Crippen LogP contribution in [-0.4, -0.2) is 59.2 Å². The second-order valence-electron chi connectivity index (χ2n) is 16.5. The van der Waals surface area contributed by atoms with Crippen molar-refractivity contribution in [1.82, 2.24) is 5.32 Å². The van der Waals surface area contributed by atoms with E-state index in [0.717, 1.165) is 57.8 Å². The third-order valence-electron chi connectivity index (χ3n) is 14.2. The highest BCUT2D eigenvalue weighted by Gasteiger charge is 2.66. The van der Waals surface area contributed by atoms with Gasteiger partial charge < -0.3 is 20.3 Å². The summed E-state index contributed by atoms with van der Waals surface area (Å²) in [5.74, 6) is 0.569. The van der Waals surface area contributed by atoms with Crippen LogP contribution in [0.1, 0.15) is 106 Å². The number of Topliss-reactive ketones (excluding diaryl/α,β-unsaturated/α-hetero) is 2. The number of aliphatic hydroxyl groups excluding tert-OH is 2. The van der Waals surface area contributed by atoms with Gasteiger partial charge in [0.2, 0.25) is 5.91 Å². The molecule has 6 rings (SSSR count). The molecule has 0 spiro atoms. The van der Waals surface area contributed by atoms with Gasteiger partial charge in [-0.25, -0.2) is 0 Å². The summed E-state index contributed by atoms with van der Waals surface area (Å²) in [7, 11) is 0. The van der Waals surface area contributed by atoms with Crippen molar-refractivity contribution in [3.05, 3.63) is 11.6 Å². The molecule has 5 aliphatic carbocycles. The summed E-state index contributed by atoms with van der Waals surface area (Å²) in [4.78, 5) is 41.3. The zero-order chi connectivity index (χ0) is 31.1. The second-order valence-corrected chi connectivity index (χ2v) is 16.5. The Morgan fingerprint density at radius 3 is 2.42 bits per heavy atom. The predicted octanol–water partition coefficient (Wildman–Crippen LogP) is 5.02. The van der Waals surface area contributed by atoms with Crippen LogP contribution in [0.5, 0.6) is 0 Å². The molecule has 5 fully saturated rings. The highest BCUT2D eigenvalue weighted by atomic mass is 16.6. The standard InChI is InChI=1S/C36H55NO6/c1-7-37-32(42)28(29(40)30-24(19-38)43-30)31(41)36-16-10-20(2)18-23(36)21-8-9-26-34(5,22(21)11-17-36)14-12-25-33(3,4)27(39)13-15-35(25,26)6/h8,20,22-26,28-30,38,40H,7,9-19H2,1-6H3,(H,37,42). The first-order chi connectivity index (χ1) is 20.3. The van der Waals surface area contributed by atoms with E-state index < -0.39 is 35.6 Å². The average Bonchev–Trinajstić information content (AvgIpc) is 3.75. The Bertz CT molecular complexity index is 1190. The van der Waals surface area contributed by atoms with E-state index in [2.05, 4.69) is 46.0 Å². The lowest BCUT2D eigenvalue weighted by atomic mass is 9.37. The van der Waals surface area contributed by atoms with Crippen LogP contribution in [-0.2, 0) is 19.1 Å². The normalized spacial score (nSPS) is 46.2. The Balaban J connectivity index is 1.36. The lowest BCUT2D eigenvalue weighted by molar-refractivity contribution is -0.171. The fourth-order valence-electron chi connectivity index (χ4n) is 11.8. The van der Waals surface area contributed by atoms with E-state index in [1.807, 2.05) is 6.92 Å². The number of epoxide rings is 1. The van der Waals surface area contributed by atoms with Crippen molar-refractivity contribution in [3.63, 3.8) is 0 Å². The molecule has 0 radical (unpaired) electrons. The van der Waals surface area contributed by atoms with Crippen molar-refractivity contribution < 1.29 is 29.3 Å². The van der Waals surface area contributed by atoms with Gasteiger partial charge in [0.1, 0.15) is 30.0 Å². The van der Waals surface area contributed by atoms with Crippen molar-refractivity contribution >= 4 is 17.5 Å². The molecule has 43 heavy (non-hydrogen) atoms. The van der Waals surface area contributed by atoms with Crippen LogP contribution < -0.4 is 5.32 Å². The summed E-state index contributed by atoms with van der Waals surface area (Å²) in [6, 6.07) is 0. The quantitative estimate of drug-likeness (QED) is 0.216. The number of ketones is 2. The Morgan fingerprint density at radius 1 is 1.02 bits per heavy atom. The first-order valence-corrected chi connectivity index (χ1v) is 17.3. The number of carbonyl (C=O) groups is 3. The van der Waals surface area contributed by atoms with Crippen molar-refractivity contribution in [3.8, 4) is 0 Å². The van der Waals surface area contributed by atoms with Crippen molar-refractivity contribution in [2.24, 2.45) is 57.2 Å². The minimum absolute atomic E-state index is 0.0769. The highest BCUT2D eigenvalue weighted by molar-refractivity contribution is 6.05. The van der Waals surface area contributed by atoms with Crippen LogP contribution in [0.4, 0.5) is 0 Å². The highest BCUT2D eigenvalue weighted by Crippen LogP contribution is 2.71. The number of ether oxygens (including phenoxy) is 1. The van der Waals surface area contributed by atoms with Crippen LogP contribution >= 0.6 is 0 Å². The molecule has 1 saturated heterocycles. The third kappa shape index (κ3) is 4.56. The van der Waals surface area contributed by atoms with E-state index in [9.17, 15) is 24.6 Å². The molecule has 1 amide bonds. The lowest BCUT2D eigenvalue weighted by Crippen LogP contribution is -2.62. The number of hydrogen-bond donors (Lipinski definition) is 3. The van der Waals surface area contributed by atoms with E-state index in [1.54, 1.807) is 0 Å². The molecule has 0 aromatic carbocycles. The molecule has 240 valence electrons. The van der Waals surface area contributed by atoms with Gasteiger partial charge in [-0.1, -0.05) is 46.3 Å². The van der Waals surface area contributed by atoms with Crippen LogP contribution in [0, 0.1) is 57.2 Å². The molecule has 3 N–H and O–H groups in total. The number of rotatable bonds is 7. The maximum atomic E-state index is 14.8. The van der Waals surface area contributed by atoms with Crippen LogP contribution in [0.2, 0.25) is 0 Å². The van der Waals surface area contributed by atoms with E-state index in [0.29, 0.717) is 42.4 Å². The molecular formula is C36H55NO6. The van der Waals surface area contributed by atoms with Gasteiger partial charge in [-0.2, -0.15) is 0 Å². The van der Waals surface area contributed by atoms with E-state index >= 15 is 0 Å². The third-order valence-corrected chi connectivity index (χ3v) is 14.2. The molecule has 1 aliphatic heterocycles. The Hall–Kier alpha value is -1.57. The SMILES string of the molecule is CCNC(=O)C(C(=O)C12CCC(C)CC1C1=CCC3C(C)(CCC4C(C)(C)C(=O)CCC43C)C1CC2)C(O)C1OC1CO. The Kier molecular flexibility index (Phi) is 7.86. The van der Waals surface area contributed by atoms with Gasteiger partial charge in [0.15, 0.2) is 5.78 Å². The molecular weight excluding hydrogens is 542 g/mol. The van der Waals surface area contributed by atoms with Gasteiger partial charge >= 0.3 is 0 Å². The summed E-state index contributed by atoms with van der Waals surface area (Å²) >= 11 is 0. The molecule has 0 aromatic rings. The molecule has 4 saturated carbocycles. The molecule has 12 unspecified atom stereocenters. The number of allylic oxidation sites excluding steroid dienone is 2. The minimum atomic E-state index is -1.27. The van der Waals surface area contributed by atoms with Gasteiger partial charge in [-0.15, -0.1) is 0 Å². The molecule has 6 aliphatic rings. The number of nitrogens with one attached hydrogen (secondary N) is 1. The topological polar surface area (TPSA) is 116 Å². The second kappa shape index (κ2) is 10.8. The molecule has 1 heterocycles. The Morgan fingerprint density at radius 2 is 1.74 bits per heavy atom. The van der Waals surface area contributed by atoms with Gasteiger partial charge in [-0.3, -0.25) is 14.4 Å². The van der Waals surface area contributed by atoms with Crippen LogP contribution in [0.15, 0.2) is 11.6 Å². The largest absolute Gasteiger partial charge is 0.394 e. The first kappa shape index (κ1) is 31.4. The zero-order valence-electron chi connectivity index (χ0n) is 27.3. The molecule has 0 aromatic heterocycles. The minimum Gasteiger partial charge on any atom is -0.394 e. The van der Waals surface area contributed by atoms with Gasteiger partial charge in [-0.05, 0) is 105 Å². The number of fused-ring (bicyclic) bond motifs is 7. The van der Waals surface area contributed by atoms with E-state index in [-0.39, 0.29) is 34.6 Å².